The molecule has 30 heavy (non-hydrogen) atoms. The van der Waals surface area contributed by atoms with E-state index in [2.05, 4.69) is 15.3 Å². The van der Waals surface area contributed by atoms with Gasteiger partial charge in [-0.3, -0.25) is 9.36 Å². The summed E-state index contributed by atoms with van der Waals surface area (Å²) in [5.41, 5.74) is 9.71. The first kappa shape index (κ1) is 17.9. The van der Waals surface area contributed by atoms with Gasteiger partial charge in [-0.25, -0.2) is 0 Å². The minimum Gasteiger partial charge on any atom is -0.438 e. The van der Waals surface area contributed by atoms with Crippen LogP contribution < -0.4 is 11.1 Å². The number of nitrogens with one attached hydrogen (secondary N) is 1. The van der Waals surface area contributed by atoms with Crippen molar-refractivity contribution in [3.8, 4) is 5.95 Å². The summed E-state index contributed by atoms with van der Waals surface area (Å²) in [5, 5.41) is 4.07. The van der Waals surface area contributed by atoms with E-state index < -0.39 is 5.91 Å². The quantitative estimate of drug-likeness (QED) is 0.468. The number of aryl methyl sites for hydroxylation is 1. The van der Waals surface area contributed by atoms with Crippen LogP contribution in [0.2, 0.25) is 0 Å². The number of carbonyl (C=O) groups excluding carboxylic acids is 1. The molecule has 3 aromatic heterocycles. The van der Waals surface area contributed by atoms with Crippen molar-refractivity contribution < 1.29 is 9.21 Å². The molecule has 148 valence electrons. The molecule has 0 saturated carbocycles. The third kappa shape index (κ3) is 2.95. The monoisotopic (exact) mass is 398 g/mol. The molecule has 0 atom stereocenters. The largest absolute Gasteiger partial charge is 0.438 e. The first-order valence-electron chi connectivity index (χ1n) is 9.42. The number of oxazole rings is 1. The highest BCUT2D eigenvalue weighted by Gasteiger charge is 2.18. The number of hydrogen-bond acceptors (Lipinski definition) is 6. The van der Waals surface area contributed by atoms with Crippen LogP contribution in [0.4, 0.5) is 5.82 Å². The number of nitrogens with zero attached hydrogens (tertiary/aromatic N) is 4. The van der Waals surface area contributed by atoms with Gasteiger partial charge in [-0.1, -0.05) is 36.4 Å². The molecule has 8 nitrogen and oxygen atoms in total. The summed E-state index contributed by atoms with van der Waals surface area (Å²) in [6.07, 6.45) is 1.35. The van der Waals surface area contributed by atoms with E-state index in [1.165, 1.54) is 6.39 Å². The lowest BCUT2D eigenvalue weighted by Gasteiger charge is -2.10. The Bertz CT molecular complexity index is 1390. The molecule has 5 aromatic rings. The average Bonchev–Trinajstić information content (AvgIpc) is 3.35. The number of rotatable bonds is 5. The summed E-state index contributed by atoms with van der Waals surface area (Å²) < 4.78 is 7.39. The number of primary amides is 1. The van der Waals surface area contributed by atoms with Crippen LogP contribution >= 0.6 is 0 Å². The molecule has 3 N–H and O–H groups in total. The van der Waals surface area contributed by atoms with E-state index in [-0.39, 0.29) is 0 Å². The van der Waals surface area contributed by atoms with E-state index in [0.717, 1.165) is 22.2 Å². The smallest absolute Gasteiger partial charge is 0.249 e. The molecule has 1 amide bonds. The van der Waals surface area contributed by atoms with Gasteiger partial charge in [0.1, 0.15) is 0 Å². The molecular weight excluding hydrogens is 380 g/mol. The highest BCUT2D eigenvalue weighted by atomic mass is 16.3. The van der Waals surface area contributed by atoms with Crippen molar-refractivity contribution in [3.63, 3.8) is 0 Å². The van der Waals surface area contributed by atoms with Gasteiger partial charge in [-0.05, 0) is 30.7 Å². The van der Waals surface area contributed by atoms with Crippen LogP contribution in [0.25, 0.3) is 28.1 Å². The van der Waals surface area contributed by atoms with E-state index in [4.69, 9.17) is 15.1 Å². The Morgan fingerprint density at radius 3 is 2.77 bits per heavy atom. The maximum Gasteiger partial charge on any atom is 0.249 e. The second-order valence-electron chi connectivity index (χ2n) is 6.94. The Morgan fingerprint density at radius 2 is 1.97 bits per heavy atom. The van der Waals surface area contributed by atoms with Crippen LogP contribution in [0.3, 0.4) is 0 Å². The van der Waals surface area contributed by atoms with Gasteiger partial charge in [0.25, 0.3) is 0 Å². The third-order valence-corrected chi connectivity index (χ3v) is 4.98. The Balaban J connectivity index is 1.64. The zero-order chi connectivity index (χ0) is 20.7. The maximum absolute atomic E-state index is 11.8. The fourth-order valence-corrected chi connectivity index (χ4v) is 3.60. The van der Waals surface area contributed by atoms with Gasteiger partial charge in [-0.15, -0.1) is 0 Å². The van der Waals surface area contributed by atoms with Crippen molar-refractivity contribution in [1.82, 2.24) is 19.5 Å². The minimum atomic E-state index is -0.476. The summed E-state index contributed by atoms with van der Waals surface area (Å²) in [4.78, 5) is 25.3. The molecule has 0 aliphatic heterocycles. The zero-order valence-corrected chi connectivity index (χ0v) is 16.2. The number of amides is 1. The second kappa shape index (κ2) is 7.00. The second-order valence-corrected chi connectivity index (χ2v) is 6.94. The van der Waals surface area contributed by atoms with Crippen molar-refractivity contribution in [3.05, 3.63) is 77.8 Å². The van der Waals surface area contributed by atoms with Gasteiger partial charge in [0.15, 0.2) is 12.2 Å². The molecule has 0 saturated heterocycles. The van der Waals surface area contributed by atoms with Crippen molar-refractivity contribution >= 4 is 33.9 Å². The first-order chi connectivity index (χ1) is 14.6. The van der Waals surface area contributed by atoms with E-state index in [1.807, 2.05) is 54.0 Å². The van der Waals surface area contributed by atoms with Crippen molar-refractivity contribution in [2.75, 3.05) is 5.32 Å². The van der Waals surface area contributed by atoms with Gasteiger partial charge < -0.3 is 15.5 Å². The van der Waals surface area contributed by atoms with Crippen LogP contribution in [-0.2, 0) is 6.54 Å². The molecule has 5 rings (SSSR count). The summed E-state index contributed by atoms with van der Waals surface area (Å²) in [7, 11) is 0. The van der Waals surface area contributed by atoms with Crippen LogP contribution in [0.5, 0.6) is 0 Å². The summed E-state index contributed by atoms with van der Waals surface area (Å²) >= 11 is 0. The topological polar surface area (TPSA) is 112 Å². The van der Waals surface area contributed by atoms with Gasteiger partial charge in [0.2, 0.25) is 23.1 Å². The molecule has 2 aromatic carbocycles. The molecule has 0 unspecified atom stereocenters. The van der Waals surface area contributed by atoms with E-state index in [0.29, 0.717) is 35.1 Å². The fraction of sp³-hybridized carbons (Fsp3) is 0.0909. The number of benzene rings is 2. The highest BCUT2D eigenvalue weighted by molar-refractivity contribution is 6.06. The normalized spacial score (nSPS) is 11.2. The molecule has 0 spiro atoms. The molecule has 0 aliphatic carbocycles. The van der Waals surface area contributed by atoms with Crippen molar-refractivity contribution in [2.45, 2.75) is 13.5 Å². The number of aromatic nitrogens is 4. The Morgan fingerprint density at radius 1 is 1.13 bits per heavy atom. The number of fused-ring (bicyclic) bond motifs is 2. The molecular formula is C22H18N6O2. The number of nitrogens with two attached hydrogens (primary N) is 1. The first-order valence-corrected chi connectivity index (χ1v) is 9.42. The maximum atomic E-state index is 11.8. The Hall–Kier alpha value is -4.20. The number of anilines is 1. The van der Waals surface area contributed by atoms with Gasteiger partial charge in [0.05, 0.1) is 5.52 Å². The lowest BCUT2D eigenvalue weighted by molar-refractivity contribution is 0.100. The van der Waals surface area contributed by atoms with E-state index >= 15 is 0 Å². The minimum absolute atomic E-state index is 0.432. The van der Waals surface area contributed by atoms with Crippen LogP contribution in [0.1, 0.15) is 21.6 Å². The third-order valence-electron chi connectivity index (χ3n) is 4.98. The van der Waals surface area contributed by atoms with Crippen LogP contribution in [-0.4, -0.2) is 25.4 Å². The Labute approximate surface area is 171 Å². The molecule has 0 fully saturated rings. The molecule has 0 radical (unpaired) electrons. The van der Waals surface area contributed by atoms with Gasteiger partial charge in [-0.2, -0.15) is 15.0 Å². The van der Waals surface area contributed by atoms with Crippen LogP contribution in [0, 0.1) is 6.92 Å². The van der Waals surface area contributed by atoms with E-state index in [1.54, 1.807) is 12.1 Å². The van der Waals surface area contributed by atoms with Crippen molar-refractivity contribution in [2.24, 2.45) is 5.73 Å². The molecule has 0 aliphatic rings. The zero-order valence-electron chi connectivity index (χ0n) is 16.2. The Kier molecular flexibility index (Phi) is 4.17. The molecule has 0 bridgehead atoms. The molecule has 3 heterocycles. The lowest BCUT2D eigenvalue weighted by Crippen LogP contribution is -2.11. The fourth-order valence-electron chi connectivity index (χ4n) is 3.60. The number of hydrogen-bond donors (Lipinski definition) is 2. The lowest BCUT2D eigenvalue weighted by atomic mass is 10.1. The standard InChI is InChI=1S/C22H18N6O2/c1-13-10-16-15(19(23)29)8-5-9-17(16)28(13)22-26-20(18-21(27-22)25-12-30-18)24-11-14-6-3-2-4-7-14/h2-10,12H,11H2,1H3,(H2,23,29)(H,24,26,27). The van der Waals surface area contributed by atoms with Gasteiger partial charge >= 0.3 is 0 Å². The SMILES string of the molecule is Cc1cc2c(C(N)=O)cccc2n1-c1nc(NCc2ccccc2)c2ocnc2n1. The van der Waals surface area contributed by atoms with E-state index in [9.17, 15) is 4.79 Å². The van der Waals surface area contributed by atoms with Crippen molar-refractivity contribution in [1.29, 1.82) is 0 Å². The predicted molar refractivity (Wildman–Crippen MR) is 113 cm³/mol. The summed E-state index contributed by atoms with van der Waals surface area (Å²) in [5.74, 6) is 0.501. The predicted octanol–water partition coefficient (Wildman–Crippen LogP) is 3.58. The van der Waals surface area contributed by atoms with Gasteiger partial charge in [0, 0.05) is 23.2 Å². The summed E-state index contributed by atoms with van der Waals surface area (Å²) in [6.45, 7) is 2.50. The van der Waals surface area contributed by atoms with Crippen LogP contribution in [0.15, 0.2) is 65.4 Å². The number of carbonyl (C=O) groups is 1. The molecule has 8 heteroatoms. The highest BCUT2D eigenvalue weighted by Crippen LogP contribution is 2.28. The average molecular weight is 398 g/mol. The summed E-state index contributed by atoms with van der Waals surface area (Å²) in [6, 6.07) is 17.3.